The van der Waals surface area contributed by atoms with E-state index in [2.05, 4.69) is 10.1 Å². The molecular formula is C24H18F3NO5. The van der Waals surface area contributed by atoms with Crippen LogP contribution in [0.3, 0.4) is 0 Å². The molecule has 0 aliphatic rings. The van der Waals surface area contributed by atoms with Crippen LogP contribution < -0.4 is 10.1 Å². The molecular weight excluding hydrogens is 439 g/mol. The van der Waals surface area contributed by atoms with Crippen molar-refractivity contribution >= 4 is 17.7 Å². The van der Waals surface area contributed by atoms with E-state index in [-0.39, 0.29) is 12.2 Å². The van der Waals surface area contributed by atoms with Crippen molar-refractivity contribution in [2.45, 2.75) is 19.0 Å². The highest BCUT2D eigenvalue weighted by molar-refractivity contribution is 6.15. The zero-order chi connectivity index (χ0) is 23.8. The molecule has 6 nitrogen and oxygen atoms in total. The molecule has 0 spiro atoms. The molecule has 0 aliphatic carbocycles. The number of rotatable bonds is 8. The van der Waals surface area contributed by atoms with E-state index < -0.39 is 41.4 Å². The van der Waals surface area contributed by atoms with E-state index in [4.69, 9.17) is 4.74 Å². The largest absolute Gasteiger partial charge is 0.573 e. The first-order chi connectivity index (χ1) is 15.7. The monoisotopic (exact) mass is 457 g/mol. The van der Waals surface area contributed by atoms with E-state index in [9.17, 15) is 27.6 Å². The number of para-hydroxylation sites is 1. The van der Waals surface area contributed by atoms with Gasteiger partial charge in [-0.05, 0) is 17.7 Å². The number of ketones is 1. The Balaban J connectivity index is 1.84. The molecule has 3 rings (SSSR count). The Hall–Kier alpha value is -4.14. The van der Waals surface area contributed by atoms with Crippen molar-refractivity contribution in [3.63, 3.8) is 0 Å². The van der Waals surface area contributed by atoms with Crippen molar-refractivity contribution in [1.29, 1.82) is 0 Å². The number of halogens is 3. The number of nitrogens with one attached hydrogen (secondary N) is 1. The molecule has 0 bridgehead atoms. The van der Waals surface area contributed by atoms with Crippen LogP contribution in [0.2, 0.25) is 0 Å². The number of esters is 1. The quantitative estimate of drug-likeness (QED) is 0.310. The summed E-state index contributed by atoms with van der Waals surface area (Å²) in [6.45, 7) is -0.165. The number of carbonyl (C=O) groups excluding carboxylic acids is 3. The fraction of sp³-hybridized carbons (Fsp3) is 0.125. The molecule has 0 radical (unpaired) electrons. The van der Waals surface area contributed by atoms with E-state index in [0.29, 0.717) is 5.56 Å². The van der Waals surface area contributed by atoms with Gasteiger partial charge in [0.05, 0.1) is 5.56 Å². The van der Waals surface area contributed by atoms with Crippen molar-refractivity contribution in [2.24, 2.45) is 0 Å². The third kappa shape index (κ3) is 6.67. The molecule has 0 fully saturated rings. The summed E-state index contributed by atoms with van der Waals surface area (Å²) < 4.78 is 47.2. The van der Waals surface area contributed by atoms with Gasteiger partial charge in [-0.3, -0.25) is 9.59 Å². The predicted molar refractivity (Wildman–Crippen MR) is 111 cm³/mol. The van der Waals surface area contributed by atoms with Crippen LogP contribution >= 0.6 is 0 Å². The molecule has 0 heterocycles. The summed E-state index contributed by atoms with van der Waals surface area (Å²) in [6, 6.07) is 19.1. The molecule has 170 valence electrons. The average molecular weight is 457 g/mol. The Kier molecular flexibility index (Phi) is 7.45. The minimum absolute atomic E-state index is 0.110. The van der Waals surface area contributed by atoms with E-state index in [1.807, 2.05) is 0 Å². The van der Waals surface area contributed by atoms with Gasteiger partial charge in [-0.25, -0.2) is 4.79 Å². The number of Topliss-reactive ketones (excluding diaryl/α,β-unsaturated/α-hetero) is 1. The van der Waals surface area contributed by atoms with Crippen LogP contribution in [0.5, 0.6) is 5.75 Å². The summed E-state index contributed by atoms with van der Waals surface area (Å²) in [4.78, 5) is 38.5. The first-order valence-electron chi connectivity index (χ1n) is 9.70. The molecule has 0 aliphatic heterocycles. The SMILES string of the molecule is O=C(NC(C(=O)OCc1ccccc1)C(=O)c1ccccc1)c1ccccc1OC(F)(F)F. The maximum absolute atomic E-state index is 13.0. The lowest BCUT2D eigenvalue weighted by Gasteiger charge is -2.18. The van der Waals surface area contributed by atoms with Crippen LogP contribution in [0.1, 0.15) is 26.3 Å². The smallest absolute Gasteiger partial charge is 0.459 e. The number of benzene rings is 3. The van der Waals surface area contributed by atoms with Gasteiger partial charge in [0, 0.05) is 5.56 Å². The third-order valence-corrected chi connectivity index (χ3v) is 4.41. The molecule has 9 heteroatoms. The minimum Gasteiger partial charge on any atom is -0.459 e. The van der Waals surface area contributed by atoms with E-state index in [1.54, 1.807) is 48.5 Å². The van der Waals surface area contributed by atoms with Crippen LogP contribution in [-0.4, -0.2) is 30.1 Å². The number of carbonyl (C=O) groups is 3. The number of ether oxygens (including phenoxy) is 2. The molecule has 1 N–H and O–H groups in total. The van der Waals surface area contributed by atoms with Gasteiger partial charge in [-0.1, -0.05) is 72.8 Å². The first kappa shape index (κ1) is 23.5. The van der Waals surface area contributed by atoms with Gasteiger partial charge in [0.1, 0.15) is 12.4 Å². The molecule has 3 aromatic rings. The summed E-state index contributed by atoms with van der Waals surface area (Å²) in [7, 11) is 0. The van der Waals surface area contributed by atoms with E-state index in [1.165, 1.54) is 24.3 Å². The average Bonchev–Trinajstić information content (AvgIpc) is 2.81. The second kappa shape index (κ2) is 10.4. The standard InChI is InChI=1S/C24H18F3NO5/c25-24(26,27)33-19-14-8-7-13-18(19)22(30)28-20(21(29)17-11-5-2-6-12-17)23(31)32-15-16-9-3-1-4-10-16/h1-14,20H,15H2,(H,28,30). The van der Waals surface area contributed by atoms with Gasteiger partial charge in [0.15, 0.2) is 11.8 Å². The Labute approximate surface area is 186 Å². The fourth-order valence-electron chi connectivity index (χ4n) is 2.89. The van der Waals surface area contributed by atoms with Crippen LogP contribution in [0.25, 0.3) is 0 Å². The van der Waals surface area contributed by atoms with Crippen LogP contribution in [-0.2, 0) is 16.1 Å². The van der Waals surface area contributed by atoms with Crippen LogP contribution in [0, 0.1) is 0 Å². The van der Waals surface area contributed by atoms with E-state index >= 15 is 0 Å². The molecule has 3 aromatic carbocycles. The summed E-state index contributed by atoms with van der Waals surface area (Å²) in [6.07, 6.45) is -5.04. The number of amides is 1. The van der Waals surface area contributed by atoms with Crippen molar-refractivity contribution in [3.05, 3.63) is 102 Å². The molecule has 33 heavy (non-hydrogen) atoms. The lowest BCUT2D eigenvalue weighted by molar-refractivity contribution is -0.274. The normalized spacial score (nSPS) is 11.8. The Morgan fingerprint density at radius 2 is 1.39 bits per heavy atom. The third-order valence-electron chi connectivity index (χ3n) is 4.41. The van der Waals surface area contributed by atoms with Gasteiger partial charge in [0.25, 0.3) is 5.91 Å². The van der Waals surface area contributed by atoms with Crippen molar-refractivity contribution in [3.8, 4) is 5.75 Å². The molecule has 1 unspecified atom stereocenters. The highest BCUT2D eigenvalue weighted by atomic mass is 19.4. The second-order valence-electron chi connectivity index (χ2n) is 6.77. The Bertz CT molecular complexity index is 1120. The highest BCUT2D eigenvalue weighted by Crippen LogP contribution is 2.26. The van der Waals surface area contributed by atoms with Gasteiger partial charge in [0.2, 0.25) is 0 Å². The summed E-state index contributed by atoms with van der Waals surface area (Å²) in [5, 5.41) is 2.18. The molecule has 1 atom stereocenters. The lowest BCUT2D eigenvalue weighted by atomic mass is 10.0. The zero-order valence-electron chi connectivity index (χ0n) is 17.0. The summed E-state index contributed by atoms with van der Waals surface area (Å²) >= 11 is 0. The Morgan fingerprint density at radius 1 is 0.818 bits per heavy atom. The number of hydrogen-bond donors (Lipinski definition) is 1. The lowest BCUT2D eigenvalue weighted by Crippen LogP contribution is -2.47. The Morgan fingerprint density at radius 3 is 2.03 bits per heavy atom. The number of hydrogen-bond acceptors (Lipinski definition) is 5. The maximum Gasteiger partial charge on any atom is 0.573 e. The van der Waals surface area contributed by atoms with Crippen molar-refractivity contribution < 1.29 is 37.0 Å². The second-order valence-corrected chi connectivity index (χ2v) is 6.77. The van der Waals surface area contributed by atoms with Crippen molar-refractivity contribution in [1.82, 2.24) is 5.32 Å². The van der Waals surface area contributed by atoms with Gasteiger partial charge >= 0.3 is 12.3 Å². The predicted octanol–water partition coefficient (Wildman–Crippen LogP) is 4.31. The fourth-order valence-corrected chi connectivity index (χ4v) is 2.89. The van der Waals surface area contributed by atoms with Gasteiger partial charge < -0.3 is 14.8 Å². The number of alkyl halides is 3. The molecule has 0 aromatic heterocycles. The highest BCUT2D eigenvalue weighted by Gasteiger charge is 2.35. The van der Waals surface area contributed by atoms with E-state index in [0.717, 1.165) is 12.1 Å². The van der Waals surface area contributed by atoms with Crippen LogP contribution in [0.4, 0.5) is 13.2 Å². The van der Waals surface area contributed by atoms with Crippen molar-refractivity contribution in [2.75, 3.05) is 0 Å². The summed E-state index contributed by atoms with van der Waals surface area (Å²) in [5.41, 5.74) is 0.253. The molecule has 0 saturated heterocycles. The first-order valence-corrected chi connectivity index (χ1v) is 9.70. The topological polar surface area (TPSA) is 81.7 Å². The zero-order valence-corrected chi connectivity index (χ0v) is 17.0. The van der Waals surface area contributed by atoms with Gasteiger partial charge in [-0.2, -0.15) is 0 Å². The maximum atomic E-state index is 13.0. The van der Waals surface area contributed by atoms with Gasteiger partial charge in [-0.15, -0.1) is 13.2 Å². The minimum atomic E-state index is -5.04. The van der Waals surface area contributed by atoms with Crippen LogP contribution in [0.15, 0.2) is 84.9 Å². The molecule has 0 saturated carbocycles. The molecule has 1 amide bonds. The summed E-state index contributed by atoms with van der Waals surface area (Å²) in [5.74, 6) is -3.72.